The second kappa shape index (κ2) is 12.0. The van der Waals surface area contributed by atoms with Crippen LogP contribution in [-0.4, -0.2) is 73.6 Å². The maximum absolute atomic E-state index is 15.3. The minimum Gasteiger partial charge on any atom is -0.507 e. The van der Waals surface area contributed by atoms with Crippen LogP contribution >= 0.6 is 11.6 Å². The van der Waals surface area contributed by atoms with Crippen LogP contribution in [0.25, 0.3) is 28.0 Å². The van der Waals surface area contributed by atoms with Crippen LogP contribution in [0.4, 0.5) is 15.8 Å². The molecule has 13 heteroatoms. The van der Waals surface area contributed by atoms with Crippen LogP contribution in [0.1, 0.15) is 63.7 Å². The molecular weight excluding hydrogens is 637 g/mol. The number of carbonyl (C=O) groups excluding carboxylic acids is 2. The first-order chi connectivity index (χ1) is 22.7. The van der Waals surface area contributed by atoms with Gasteiger partial charge in [-0.05, 0) is 50.0 Å². The monoisotopic (exact) mass is 673 g/mol. The SMILES string of the molecule is C=CC(=O)N1C[C@@H]2C(=O)N(C)c3c(c4cc(Cl)c(-c5c(O)cccc5F)nc4n(-c4c(C(C)C)nc(C)nc4C(C)C)c3=O)N2[C@@H](C)C1. The third kappa shape index (κ3) is 5.01. The van der Waals surface area contributed by atoms with Gasteiger partial charge in [0.05, 0.1) is 45.6 Å². The van der Waals surface area contributed by atoms with E-state index in [1.165, 1.54) is 40.8 Å². The molecule has 1 fully saturated rings. The number of phenolic OH excluding ortho intramolecular Hbond substituents is 1. The van der Waals surface area contributed by atoms with Crippen LogP contribution in [0.15, 0.2) is 41.7 Å². The van der Waals surface area contributed by atoms with Gasteiger partial charge in [-0.2, -0.15) is 0 Å². The van der Waals surface area contributed by atoms with Crippen molar-refractivity contribution in [2.45, 2.75) is 65.5 Å². The number of hydrogen-bond acceptors (Lipinski definition) is 8. The summed E-state index contributed by atoms with van der Waals surface area (Å²) in [6.45, 7) is 15.4. The first-order valence-corrected chi connectivity index (χ1v) is 16.2. The van der Waals surface area contributed by atoms with E-state index in [1.807, 2.05) is 39.5 Å². The highest BCUT2D eigenvalue weighted by atomic mass is 35.5. The predicted octanol–water partition coefficient (Wildman–Crippen LogP) is 5.46. The summed E-state index contributed by atoms with van der Waals surface area (Å²) in [5.74, 6) is -1.56. The maximum Gasteiger partial charge on any atom is 0.283 e. The van der Waals surface area contributed by atoms with Gasteiger partial charge in [0, 0.05) is 25.0 Å². The lowest BCUT2D eigenvalue weighted by molar-refractivity contribution is -0.129. The fourth-order valence-corrected chi connectivity index (χ4v) is 7.14. The van der Waals surface area contributed by atoms with E-state index in [1.54, 1.807) is 17.9 Å². The molecule has 0 aliphatic carbocycles. The highest BCUT2D eigenvalue weighted by molar-refractivity contribution is 6.34. The summed E-state index contributed by atoms with van der Waals surface area (Å²) in [6, 6.07) is 4.26. The minimum atomic E-state index is -0.817. The quantitative estimate of drug-likeness (QED) is 0.277. The highest BCUT2D eigenvalue weighted by Gasteiger charge is 2.47. The lowest BCUT2D eigenvalue weighted by Gasteiger charge is -2.50. The number of nitrogens with zero attached hydrogens (tertiary/aromatic N) is 7. The molecule has 48 heavy (non-hydrogen) atoms. The molecule has 2 aliphatic heterocycles. The number of piperazine rings is 1. The Morgan fingerprint density at radius 3 is 2.29 bits per heavy atom. The second-order valence-corrected chi connectivity index (χ2v) is 13.4. The van der Waals surface area contributed by atoms with Gasteiger partial charge in [0.1, 0.15) is 29.1 Å². The van der Waals surface area contributed by atoms with Crippen molar-refractivity contribution in [1.82, 2.24) is 24.4 Å². The fourth-order valence-electron chi connectivity index (χ4n) is 6.89. The molecular formula is C35H37ClFN7O4. The first kappa shape index (κ1) is 33.1. The number of hydrogen-bond donors (Lipinski definition) is 1. The molecule has 1 N–H and O–H groups in total. The van der Waals surface area contributed by atoms with Gasteiger partial charge in [-0.3, -0.25) is 19.0 Å². The lowest BCUT2D eigenvalue weighted by Crippen LogP contribution is -2.66. The standard InChI is InChI=1S/C35H37ClFN7O4/c1-9-25(46)42-14-18(6)43-23(15-42)34(47)41(8)32-30(43)20-13-21(36)29(26-22(37)11-10-12-24(26)45)40-33(20)44(35(32)48)31-27(16(2)3)38-19(7)39-28(31)17(4)5/h9-13,16-18,23,45H,1,14-15H2,2-8H3/t18-,23+/m0/s1. The maximum atomic E-state index is 15.3. The number of carbonyl (C=O) groups is 2. The molecule has 5 heterocycles. The Kier molecular flexibility index (Phi) is 8.27. The van der Waals surface area contributed by atoms with Gasteiger partial charge in [-0.1, -0.05) is 51.9 Å². The molecule has 2 aliphatic rings. The Morgan fingerprint density at radius 2 is 1.71 bits per heavy atom. The molecule has 0 saturated carbocycles. The van der Waals surface area contributed by atoms with Gasteiger partial charge in [-0.15, -0.1) is 0 Å². The summed E-state index contributed by atoms with van der Waals surface area (Å²) >= 11 is 6.89. The normalized spacial score (nSPS) is 17.7. The third-order valence-electron chi connectivity index (χ3n) is 9.03. The average Bonchev–Trinajstić information content (AvgIpc) is 3.03. The third-order valence-corrected chi connectivity index (χ3v) is 9.32. The lowest BCUT2D eigenvalue weighted by atomic mass is 9.96. The summed E-state index contributed by atoms with van der Waals surface area (Å²) < 4.78 is 16.7. The predicted molar refractivity (Wildman–Crippen MR) is 184 cm³/mol. The minimum absolute atomic E-state index is 0.0212. The van der Waals surface area contributed by atoms with Crippen molar-refractivity contribution in [2.24, 2.45) is 0 Å². The van der Waals surface area contributed by atoms with E-state index >= 15 is 9.18 Å². The van der Waals surface area contributed by atoms with Crippen molar-refractivity contribution < 1.29 is 19.1 Å². The van der Waals surface area contributed by atoms with Crippen molar-refractivity contribution in [2.75, 3.05) is 29.9 Å². The van der Waals surface area contributed by atoms with E-state index < -0.39 is 23.5 Å². The van der Waals surface area contributed by atoms with E-state index in [0.717, 1.165) is 0 Å². The molecule has 1 aromatic carbocycles. The zero-order chi connectivity index (χ0) is 34.9. The van der Waals surface area contributed by atoms with Crippen LogP contribution in [0, 0.1) is 12.7 Å². The number of pyridine rings is 2. The van der Waals surface area contributed by atoms with E-state index in [0.29, 0.717) is 34.0 Å². The van der Waals surface area contributed by atoms with Crippen LogP contribution in [0.3, 0.4) is 0 Å². The Labute approximate surface area is 282 Å². The summed E-state index contributed by atoms with van der Waals surface area (Å²) in [4.78, 5) is 61.0. The van der Waals surface area contributed by atoms with Crippen molar-refractivity contribution in [3.63, 3.8) is 0 Å². The zero-order valence-corrected chi connectivity index (χ0v) is 28.6. The van der Waals surface area contributed by atoms with Crippen LogP contribution < -0.4 is 15.4 Å². The van der Waals surface area contributed by atoms with Crippen molar-refractivity contribution in [3.8, 4) is 22.7 Å². The largest absolute Gasteiger partial charge is 0.507 e. The van der Waals surface area contributed by atoms with Gasteiger partial charge >= 0.3 is 0 Å². The van der Waals surface area contributed by atoms with E-state index in [2.05, 4.69) is 6.58 Å². The highest BCUT2D eigenvalue weighted by Crippen LogP contribution is 2.45. The molecule has 4 aromatic rings. The first-order valence-electron chi connectivity index (χ1n) is 15.8. The molecule has 0 bridgehead atoms. The topological polar surface area (TPSA) is 125 Å². The second-order valence-electron chi connectivity index (χ2n) is 13.0. The zero-order valence-electron chi connectivity index (χ0n) is 27.9. The molecule has 2 atom stereocenters. The number of fused-ring (bicyclic) bond motifs is 5. The van der Waals surface area contributed by atoms with Crippen LogP contribution in [0.5, 0.6) is 5.75 Å². The number of phenols is 1. The van der Waals surface area contributed by atoms with Gasteiger partial charge in [0.2, 0.25) is 5.91 Å². The van der Waals surface area contributed by atoms with Crippen LogP contribution in [-0.2, 0) is 9.59 Å². The van der Waals surface area contributed by atoms with Gasteiger partial charge in [0.15, 0.2) is 5.65 Å². The van der Waals surface area contributed by atoms with Crippen molar-refractivity contribution in [1.29, 1.82) is 0 Å². The molecule has 1 saturated heterocycles. The summed E-state index contributed by atoms with van der Waals surface area (Å²) in [5.41, 5.74) is 1.40. The van der Waals surface area contributed by atoms with Gasteiger partial charge in [-0.25, -0.2) is 19.3 Å². The van der Waals surface area contributed by atoms with Crippen molar-refractivity contribution in [3.05, 3.63) is 75.3 Å². The molecule has 6 rings (SSSR count). The molecule has 0 spiro atoms. The van der Waals surface area contributed by atoms with Gasteiger partial charge < -0.3 is 19.8 Å². The average molecular weight is 674 g/mol. The number of halogens is 2. The molecule has 0 radical (unpaired) electrons. The Balaban J connectivity index is 1.81. The van der Waals surface area contributed by atoms with Gasteiger partial charge in [0.25, 0.3) is 11.5 Å². The van der Waals surface area contributed by atoms with E-state index in [4.69, 9.17) is 26.6 Å². The Morgan fingerprint density at radius 1 is 1.06 bits per heavy atom. The summed E-state index contributed by atoms with van der Waals surface area (Å²) in [7, 11) is 1.54. The molecule has 2 amide bonds. The molecule has 250 valence electrons. The fraction of sp³-hybridized carbons (Fsp3) is 0.371. The molecule has 3 aromatic heterocycles. The summed E-state index contributed by atoms with van der Waals surface area (Å²) in [5, 5.41) is 11.2. The number of likely N-dealkylation sites (N-methyl/N-ethyl adjacent to an activating group) is 1. The number of aryl methyl sites for hydroxylation is 1. The van der Waals surface area contributed by atoms with Crippen molar-refractivity contribution >= 4 is 45.8 Å². The number of benzene rings is 1. The van der Waals surface area contributed by atoms with E-state index in [-0.39, 0.29) is 70.1 Å². The summed E-state index contributed by atoms with van der Waals surface area (Å²) in [6.07, 6.45) is 1.22. The Bertz CT molecular complexity index is 2050. The molecule has 11 nitrogen and oxygen atoms in total. The Hall–Kier alpha value is -4.84. The number of amides is 2. The number of rotatable bonds is 5. The number of anilines is 2. The smallest absolute Gasteiger partial charge is 0.283 e. The van der Waals surface area contributed by atoms with E-state index in [9.17, 15) is 14.7 Å². The number of aromatic hydroxyl groups is 1. The number of aromatic nitrogens is 4. The van der Waals surface area contributed by atoms with Crippen LogP contribution in [0.2, 0.25) is 5.02 Å². The molecule has 0 unspecified atom stereocenters.